The molecule has 96 valence electrons. The molecule has 0 aromatic carbocycles. The third-order valence-electron chi connectivity index (χ3n) is 2.17. The zero-order valence-corrected chi connectivity index (χ0v) is 12.3. The molecule has 1 aromatic heterocycles. The normalized spacial score (nSPS) is 11.3. The number of aromatic nitrogens is 2. The first-order valence-electron chi connectivity index (χ1n) is 5.83. The van der Waals surface area contributed by atoms with Crippen molar-refractivity contribution in [1.82, 2.24) is 9.97 Å². The summed E-state index contributed by atoms with van der Waals surface area (Å²) in [6.07, 6.45) is 1.56. The standard InChI is InChI=1S/C12H19Cl2N3/c1-8(2)6-17(7-9(3)4)11-10(13)5-15-12(14)16-11/h5,8-9H,6-7H2,1-4H3. The minimum atomic E-state index is 0.238. The molecule has 0 N–H and O–H groups in total. The Morgan fingerprint density at radius 3 is 2.12 bits per heavy atom. The highest BCUT2D eigenvalue weighted by Gasteiger charge is 2.15. The van der Waals surface area contributed by atoms with Gasteiger partial charge >= 0.3 is 0 Å². The van der Waals surface area contributed by atoms with Gasteiger partial charge in [-0.3, -0.25) is 0 Å². The fourth-order valence-corrected chi connectivity index (χ4v) is 2.03. The summed E-state index contributed by atoms with van der Waals surface area (Å²) in [5, 5.41) is 0.789. The van der Waals surface area contributed by atoms with E-state index in [9.17, 15) is 0 Å². The smallest absolute Gasteiger partial charge is 0.224 e. The van der Waals surface area contributed by atoms with E-state index in [1.54, 1.807) is 6.20 Å². The zero-order chi connectivity index (χ0) is 13.0. The van der Waals surface area contributed by atoms with Crippen molar-refractivity contribution in [3.8, 4) is 0 Å². The van der Waals surface area contributed by atoms with Gasteiger partial charge in [0.2, 0.25) is 5.28 Å². The molecule has 0 aliphatic carbocycles. The van der Waals surface area contributed by atoms with Crippen molar-refractivity contribution in [3.63, 3.8) is 0 Å². The first-order chi connectivity index (χ1) is 7.90. The Morgan fingerprint density at radius 1 is 1.12 bits per heavy atom. The number of hydrogen-bond donors (Lipinski definition) is 0. The predicted octanol–water partition coefficient (Wildman–Crippen LogP) is 3.90. The Hall–Kier alpha value is -0.540. The van der Waals surface area contributed by atoms with E-state index in [4.69, 9.17) is 23.2 Å². The topological polar surface area (TPSA) is 29.0 Å². The molecule has 0 radical (unpaired) electrons. The van der Waals surface area contributed by atoms with Gasteiger partial charge in [-0.05, 0) is 23.4 Å². The van der Waals surface area contributed by atoms with E-state index >= 15 is 0 Å². The molecule has 5 heteroatoms. The molecule has 0 saturated heterocycles. The maximum atomic E-state index is 6.13. The molecule has 1 aromatic rings. The maximum Gasteiger partial charge on any atom is 0.224 e. The van der Waals surface area contributed by atoms with Crippen molar-refractivity contribution in [2.75, 3.05) is 18.0 Å². The fourth-order valence-electron chi connectivity index (χ4n) is 1.69. The number of halogens is 2. The van der Waals surface area contributed by atoms with Crippen LogP contribution < -0.4 is 4.90 Å². The SMILES string of the molecule is CC(C)CN(CC(C)C)c1nc(Cl)ncc1Cl. The first-order valence-corrected chi connectivity index (χ1v) is 6.58. The summed E-state index contributed by atoms with van der Waals surface area (Å²) in [5.41, 5.74) is 0. The molecule has 0 spiro atoms. The van der Waals surface area contributed by atoms with E-state index in [1.807, 2.05) is 0 Å². The predicted molar refractivity (Wildman–Crippen MR) is 73.9 cm³/mol. The Kier molecular flexibility index (Phi) is 5.47. The van der Waals surface area contributed by atoms with Crippen molar-refractivity contribution in [1.29, 1.82) is 0 Å². The number of nitrogens with zero attached hydrogens (tertiary/aromatic N) is 3. The summed E-state index contributed by atoms with van der Waals surface area (Å²) in [6, 6.07) is 0. The van der Waals surface area contributed by atoms with Crippen LogP contribution in [0.25, 0.3) is 0 Å². The Balaban J connectivity index is 2.98. The van der Waals surface area contributed by atoms with Gasteiger partial charge in [-0.25, -0.2) is 4.98 Å². The van der Waals surface area contributed by atoms with Gasteiger partial charge < -0.3 is 4.90 Å². The van der Waals surface area contributed by atoms with Gasteiger partial charge in [-0.1, -0.05) is 39.3 Å². The Bertz CT molecular complexity index is 357. The van der Waals surface area contributed by atoms with Crippen molar-refractivity contribution in [3.05, 3.63) is 16.5 Å². The average molecular weight is 276 g/mol. The lowest BCUT2D eigenvalue weighted by Gasteiger charge is -2.28. The fraction of sp³-hybridized carbons (Fsp3) is 0.667. The summed E-state index contributed by atoms with van der Waals surface area (Å²) in [4.78, 5) is 10.3. The molecule has 1 rings (SSSR count). The lowest BCUT2D eigenvalue weighted by molar-refractivity contribution is 0.548. The summed E-state index contributed by atoms with van der Waals surface area (Å²) in [5.74, 6) is 1.81. The highest BCUT2D eigenvalue weighted by atomic mass is 35.5. The average Bonchev–Trinajstić information content (AvgIpc) is 2.19. The van der Waals surface area contributed by atoms with Crippen LogP contribution >= 0.6 is 23.2 Å². The van der Waals surface area contributed by atoms with E-state index < -0.39 is 0 Å². The van der Waals surface area contributed by atoms with E-state index in [0.717, 1.165) is 18.9 Å². The van der Waals surface area contributed by atoms with Crippen molar-refractivity contribution in [2.45, 2.75) is 27.7 Å². The van der Waals surface area contributed by atoms with Gasteiger partial charge in [0, 0.05) is 13.1 Å². The quantitative estimate of drug-likeness (QED) is 0.764. The van der Waals surface area contributed by atoms with E-state index in [2.05, 4.69) is 42.6 Å². The second-order valence-electron chi connectivity index (χ2n) is 5.00. The second kappa shape index (κ2) is 6.41. The van der Waals surface area contributed by atoms with Gasteiger partial charge in [0.25, 0.3) is 0 Å². The highest BCUT2D eigenvalue weighted by Crippen LogP contribution is 2.25. The minimum Gasteiger partial charge on any atom is -0.355 e. The van der Waals surface area contributed by atoms with Gasteiger partial charge in [-0.15, -0.1) is 0 Å². The second-order valence-corrected chi connectivity index (χ2v) is 5.75. The lowest BCUT2D eigenvalue weighted by Crippen LogP contribution is -2.32. The van der Waals surface area contributed by atoms with Crippen molar-refractivity contribution >= 4 is 29.0 Å². The number of hydrogen-bond acceptors (Lipinski definition) is 3. The molecule has 0 bridgehead atoms. The molecule has 0 aliphatic rings. The Labute approximate surface area is 113 Å². The van der Waals surface area contributed by atoms with Crippen molar-refractivity contribution in [2.24, 2.45) is 11.8 Å². The molecule has 0 aliphatic heterocycles. The molecular weight excluding hydrogens is 257 g/mol. The number of anilines is 1. The van der Waals surface area contributed by atoms with E-state index in [1.165, 1.54) is 0 Å². The van der Waals surface area contributed by atoms with Crippen LogP contribution in [-0.2, 0) is 0 Å². The molecule has 0 saturated carbocycles. The van der Waals surface area contributed by atoms with Crippen LogP contribution in [0.5, 0.6) is 0 Å². The van der Waals surface area contributed by atoms with E-state index in [0.29, 0.717) is 16.9 Å². The zero-order valence-electron chi connectivity index (χ0n) is 10.7. The van der Waals surface area contributed by atoms with Gasteiger partial charge in [0.15, 0.2) is 5.82 Å². The van der Waals surface area contributed by atoms with Crippen LogP contribution in [0.2, 0.25) is 10.3 Å². The Morgan fingerprint density at radius 2 is 1.65 bits per heavy atom. The molecule has 17 heavy (non-hydrogen) atoms. The van der Waals surface area contributed by atoms with Crippen LogP contribution in [0.3, 0.4) is 0 Å². The maximum absolute atomic E-state index is 6.13. The first kappa shape index (κ1) is 14.5. The molecule has 0 amide bonds. The third-order valence-corrected chi connectivity index (χ3v) is 2.62. The van der Waals surface area contributed by atoms with Gasteiger partial charge in [-0.2, -0.15) is 4.98 Å². The largest absolute Gasteiger partial charge is 0.355 e. The number of rotatable bonds is 5. The summed E-state index contributed by atoms with van der Waals surface area (Å²) < 4.78 is 0. The summed E-state index contributed by atoms with van der Waals surface area (Å²) >= 11 is 12.0. The van der Waals surface area contributed by atoms with Crippen LogP contribution in [0.1, 0.15) is 27.7 Å². The molecule has 0 atom stereocenters. The molecule has 3 nitrogen and oxygen atoms in total. The van der Waals surface area contributed by atoms with Crippen LogP contribution in [-0.4, -0.2) is 23.1 Å². The van der Waals surface area contributed by atoms with E-state index in [-0.39, 0.29) is 5.28 Å². The molecular formula is C12H19Cl2N3. The lowest BCUT2D eigenvalue weighted by atomic mass is 10.1. The third kappa shape index (κ3) is 4.68. The van der Waals surface area contributed by atoms with Crippen LogP contribution in [0, 0.1) is 11.8 Å². The summed E-state index contributed by atoms with van der Waals surface area (Å²) in [7, 11) is 0. The van der Waals surface area contributed by atoms with Crippen molar-refractivity contribution < 1.29 is 0 Å². The monoisotopic (exact) mass is 275 g/mol. The van der Waals surface area contributed by atoms with Gasteiger partial charge in [0.1, 0.15) is 5.02 Å². The minimum absolute atomic E-state index is 0.238. The molecule has 0 fully saturated rings. The van der Waals surface area contributed by atoms with Crippen LogP contribution in [0.15, 0.2) is 6.20 Å². The summed E-state index contributed by atoms with van der Waals surface area (Å²) in [6.45, 7) is 10.5. The van der Waals surface area contributed by atoms with Crippen LogP contribution in [0.4, 0.5) is 5.82 Å². The van der Waals surface area contributed by atoms with Gasteiger partial charge in [0.05, 0.1) is 6.20 Å². The highest BCUT2D eigenvalue weighted by molar-refractivity contribution is 6.33. The molecule has 1 heterocycles. The molecule has 0 unspecified atom stereocenters.